The van der Waals surface area contributed by atoms with Gasteiger partial charge in [-0.05, 0) is 36.1 Å². The van der Waals surface area contributed by atoms with E-state index in [-0.39, 0.29) is 0 Å². The molecule has 0 amide bonds. The number of halogens is 3. The Hall–Kier alpha value is -0.990. The molecule has 0 nitrogen and oxygen atoms in total. The molecule has 0 unspecified atom stereocenters. The van der Waals surface area contributed by atoms with Crippen molar-refractivity contribution >= 4 is 0 Å². The average molecular weight is 201 g/mol. The first-order chi connectivity index (χ1) is 6.49. The lowest BCUT2D eigenvalue weighted by atomic mass is 10.00. The molecule has 0 saturated carbocycles. The van der Waals surface area contributed by atoms with Crippen LogP contribution in [0.2, 0.25) is 0 Å². The van der Waals surface area contributed by atoms with Gasteiger partial charge in [0.1, 0.15) is 0 Å². The molecule has 0 bridgehead atoms. The second-order valence-corrected chi connectivity index (χ2v) is 3.08. The minimum absolute atomic E-state index is 0.590. The topological polar surface area (TPSA) is 0 Å². The van der Waals surface area contributed by atoms with E-state index in [1.54, 1.807) is 0 Å². The molecule has 0 N–H and O–H groups in total. The maximum absolute atomic E-state index is 12.3. The van der Waals surface area contributed by atoms with E-state index < -0.39 is 11.7 Å². The molecule has 14 heavy (non-hydrogen) atoms. The van der Waals surface area contributed by atoms with Crippen LogP contribution in [0.25, 0.3) is 0 Å². The molecule has 0 aliphatic carbocycles. The number of rotatable bonds is 2. The first-order valence-electron chi connectivity index (χ1n) is 4.60. The van der Waals surface area contributed by atoms with Gasteiger partial charge in [-0.1, -0.05) is 19.9 Å². The van der Waals surface area contributed by atoms with Crippen LogP contribution >= 0.6 is 0 Å². The lowest BCUT2D eigenvalue weighted by molar-refractivity contribution is -0.137. The molecule has 0 aliphatic rings. The summed E-state index contributed by atoms with van der Waals surface area (Å²) in [7, 11) is 0. The van der Waals surface area contributed by atoms with Gasteiger partial charge in [0.2, 0.25) is 0 Å². The van der Waals surface area contributed by atoms with Crippen molar-refractivity contribution in [3.63, 3.8) is 0 Å². The van der Waals surface area contributed by atoms with Gasteiger partial charge in [0.05, 0.1) is 5.56 Å². The van der Waals surface area contributed by atoms with E-state index >= 15 is 0 Å². The van der Waals surface area contributed by atoms with E-state index in [1.165, 1.54) is 6.07 Å². The quantitative estimate of drug-likeness (QED) is 0.685. The van der Waals surface area contributed by atoms with Crippen molar-refractivity contribution in [1.29, 1.82) is 0 Å². The second kappa shape index (κ2) is 4.03. The third-order valence-corrected chi connectivity index (χ3v) is 2.16. The summed E-state index contributed by atoms with van der Waals surface area (Å²) in [4.78, 5) is 0. The summed E-state index contributed by atoms with van der Waals surface area (Å²) in [5, 5.41) is 0. The van der Waals surface area contributed by atoms with Crippen LogP contribution in [-0.4, -0.2) is 0 Å². The molecule has 0 saturated heterocycles. The molecule has 77 valence electrons. The van der Waals surface area contributed by atoms with Crippen LogP contribution < -0.4 is 0 Å². The summed E-state index contributed by atoms with van der Waals surface area (Å²) >= 11 is 0. The molecule has 0 aromatic heterocycles. The number of benzene rings is 1. The van der Waals surface area contributed by atoms with Crippen molar-refractivity contribution in [3.8, 4) is 0 Å². The number of hydrogen-bond donors (Lipinski definition) is 0. The van der Waals surface area contributed by atoms with Crippen molar-refractivity contribution in [3.05, 3.63) is 34.9 Å². The molecule has 0 aliphatic heterocycles. The van der Waals surface area contributed by atoms with Crippen molar-refractivity contribution in [2.45, 2.75) is 32.9 Å². The maximum Gasteiger partial charge on any atom is 0.417 e. The standard InChI is InChI=1S/C11H12F3/c1-3-8-5-6-10(11(12,13)14)7-9(8)4-2/h5-6H,3-4H2,1-2H3. The summed E-state index contributed by atoms with van der Waals surface area (Å²) < 4.78 is 36.9. The van der Waals surface area contributed by atoms with Crippen LogP contribution in [0.15, 0.2) is 12.1 Å². The Morgan fingerprint density at radius 3 is 2.21 bits per heavy atom. The summed E-state index contributed by atoms with van der Waals surface area (Å²) in [6, 6.07) is 5.06. The van der Waals surface area contributed by atoms with E-state index in [0.29, 0.717) is 12.0 Å². The fraction of sp³-hybridized carbons (Fsp3) is 0.455. The Labute approximate surface area is 81.8 Å². The highest BCUT2D eigenvalue weighted by Crippen LogP contribution is 2.30. The van der Waals surface area contributed by atoms with E-state index in [9.17, 15) is 13.2 Å². The molecule has 1 aromatic carbocycles. The summed E-state index contributed by atoms with van der Waals surface area (Å²) in [5.41, 5.74) is 0.939. The summed E-state index contributed by atoms with van der Waals surface area (Å²) in [5.74, 6) is 0. The maximum atomic E-state index is 12.3. The van der Waals surface area contributed by atoms with Crippen LogP contribution in [0, 0.1) is 6.07 Å². The predicted molar refractivity (Wildman–Crippen MR) is 49.0 cm³/mol. The Balaban J connectivity index is 3.14. The van der Waals surface area contributed by atoms with Gasteiger partial charge >= 0.3 is 6.18 Å². The first kappa shape index (κ1) is 11.1. The van der Waals surface area contributed by atoms with Gasteiger partial charge in [-0.3, -0.25) is 0 Å². The zero-order chi connectivity index (χ0) is 10.8. The summed E-state index contributed by atoms with van der Waals surface area (Å²) in [6.45, 7) is 3.76. The second-order valence-electron chi connectivity index (χ2n) is 3.08. The van der Waals surface area contributed by atoms with E-state index in [0.717, 1.165) is 18.1 Å². The molecule has 3 heteroatoms. The number of alkyl halides is 3. The van der Waals surface area contributed by atoms with Crippen molar-refractivity contribution in [1.82, 2.24) is 0 Å². The molecule has 0 atom stereocenters. The molecule has 0 heterocycles. The zero-order valence-corrected chi connectivity index (χ0v) is 8.20. The monoisotopic (exact) mass is 201 g/mol. The van der Waals surface area contributed by atoms with Gasteiger partial charge in [-0.25, -0.2) is 0 Å². The minimum Gasteiger partial charge on any atom is -0.166 e. The van der Waals surface area contributed by atoms with Crippen LogP contribution in [0.1, 0.15) is 30.5 Å². The van der Waals surface area contributed by atoms with Gasteiger partial charge in [-0.15, -0.1) is 0 Å². The summed E-state index contributed by atoms with van der Waals surface area (Å²) in [6.07, 6.45) is -2.94. The van der Waals surface area contributed by atoms with Crippen LogP contribution in [0.4, 0.5) is 13.2 Å². The smallest absolute Gasteiger partial charge is 0.166 e. The average Bonchev–Trinajstić information content (AvgIpc) is 2.15. The van der Waals surface area contributed by atoms with Gasteiger partial charge in [0.25, 0.3) is 0 Å². The zero-order valence-electron chi connectivity index (χ0n) is 8.20. The van der Waals surface area contributed by atoms with Crippen molar-refractivity contribution < 1.29 is 13.2 Å². The normalized spacial score (nSPS) is 11.8. The van der Waals surface area contributed by atoms with Crippen LogP contribution in [-0.2, 0) is 19.0 Å². The molecule has 0 spiro atoms. The predicted octanol–water partition coefficient (Wildman–Crippen LogP) is 3.63. The Morgan fingerprint density at radius 2 is 1.79 bits per heavy atom. The molecular weight excluding hydrogens is 189 g/mol. The largest absolute Gasteiger partial charge is 0.417 e. The van der Waals surface area contributed by atoms with Crippen molar-refractivity contribution in [2.75, 3.05) is 0 Å². The van der Waals surface area contributed by atoms with E-state index in [1.807, 2.05) is 13.8 Å². The first-order valence-corrected chi connectivity index (χ1v) is 4.60. The minimum atomic E-state index is -4.28. The van der Waals surface area contributed by atoms with Gasteiger partial charge < -0.3 is 0 Å². The van der Waals surface area contributed by atoms with Gasteiger partial charge in [0, 0.05) is 0 Å². The molecule has 1 radical (unpaired) electrons. The fourth-order valence-electron chi connectivity index (χ4n) is 1.38. The molecule has 1 rings (SSSR count). The Bertz CT molecular complexity index is 313. The van der Waals surface area contributed by atoms with E-state index in [2.05, 4.69) is 6.07 Å². The molecule has 0 fully saturated rings. The highest BCUT2D eigenvalue weighted by molar-refractivity contribution is 5.32. The van der Waals surface area contributed by atoms with Crippen LogP contribution in [0.5, 0.6) is 0 Å². The SMILES string of the molecule is CCc1[c]c(C(F)(F)F)ccc1CC. The number of aryl methyl sites for hydroxylation is 2. The van der Waals surface area contributed by atoms with E-state index in [4.69, 9.17) is 0 Å². The third-order valence-electron chi connectivity index (χ3n) is 2.16. The van der Waals surface area contributed by atoms with Gasteiger partial charge in [-0.2, -0.15) is 13.2 Å². The van der Waals surface area contributed by atoms with Crippen molar-refractivity contribution in [2.24, 2.45) is 0 Å². The van der Waals surface area contributed by atoms with Crippen LogP contribution in [0.3, 0.4) is 0 Å². The highest BCUT2D eigenvalue weighted by atomic mass is 19.4. The molecular formula is C11H12F3. The lowest BCUT2D eigenvalue weighted by Gasteiger charge is -2.10. The lowest BCUT2D eigenvalue weighted by Crippen LogP contribution is -2.07. The Morgan fingerprint density at radius 1 is 1.14 bits per heavy atom. The fourth-order valence-corrected chi connectivity index (χ4v) is 1.38. The number of hydrogen-bond acceptors (Lipinski definition) is 0. The highest BCUT2D eigenvalue weighted by Gasteiger charge is 2.30. The van der Waals surface area contributed by atoms with Gasteiger partial charge in [0.15, 0.2) is 0 Å². The Kier molecular flexibility index (Phi) is 3.19. The molecule has 1 aromatic rings. The third kappa shape index (κ3) is 2.28.